The minimum atomic E-state index is -1.34. The van der Waals surface area contributed by atoms with E-state index >= 15 is 0 Å². The molecule has 0 saturated carbocycles. The minimum Gasteiger partial charge on any atom is -0.481 e. The summed E-state index contributed by atoms with van der Waals surface area (Å²) in [6.07, 6.45) is -0.524. The van der Waals surface area contributed by atoms with E-state index in [0.717, 1.165) is 4.90 Å². The molecule has 0 radical (unpaired) electrons. The van der Waals surface area contributed by atoms with E-state index in [1.165, 1.54) is 0 Å². The minimum absolute atomic E-state index is 0.0126. The lowest BCUT2D eigenvalue weighted by molar-refractivity contribution is -0.150. The molecule has 1 heterocycles. The highest BCUT2D eigenvalue weighted by Crippen LogP contribution is 2.19. The Morgan fingerprint density at radius 3 is 2.12 bits per heavy atom. The van der Waals surface area contributed by atoms with Gasteiger partial charge < -0.3 is 37.2 Å². The fraction of sp³-hybridized carbons (Fsp3) is 0.667. The highest BCUT2D eigenvalue weighted by Gasteiger charge is 2.38. The summed E-state index contributed by atoms with van der Waals surface area (Å²) < 4.78 is 0. The van der Waals surface area contributed by atoms with Gasteiger partial charge in [-0.3, -0.25) is 24.0 Å². The Kier molecular flexibility index (Phi) is 10.9. The fourth-order valence-electron chi connectivity index (χ4n) is 3.20. The van der Waals surface area contributed by atoms with Crippen molar-refractivity contribution < 1.29 is 39.0 Å². The Morgan fingerprint density at radius 1 is 1.00 bits per heavy atom. The average Bonchev–Trinajstić information content (AvgIpc) is 3.22. The Bertz CT molecular complexity index is 749. The second kappa shape index (κ2) is 12.9. The van der Waals surface area contributed by atoms with Crippen LogP contribution in [-0.2, 0) is 28.8 Å². The first-order valence-corrected chi connectivity index (χ1v) is 10.6. The van der Waals surface area contributed by atoms with Gasteiger partial charge in [-0.2, -0.15) is 12.6 Å². The van der Waals surface area contributed by atoms with E-state index < -0.39 is 66.2 Å². The van der Waals surface area contributed by atoms with Gasteiger partial charge in [0.1, 0.15) is 18.1 Å². The maximum Gasteiger partial charge on any atom is 0.326 e. The van der Waals surface area contributed by atoms with Crippen molar-refractivity contribution in [2.45, 2.75) is 62.7 Å². The lowest BCUT2D eigenvalue weighted by Gasteiger charge is -2.28. The third-order valence-corrected chi connectivity index (χ3v) is 5.32. The number of carboxylic acid groups (broad SMARTS) is 2. The number of nitrogens with two attached hydrogens (primary N) is 2. The maximum atomic E-state index is 12.9. The molecule has 14 heteroatoms. The summed E-state index contributed by atoms with van der Waals surface area (Å²) in [4.78, 5) is 72.5. The summed E-state index contributed by atoms with van der Waals surface area (Å²) in [5, 5.41) is 23.0. The third kappa shape index (κ3) is 8.34. The molecule has 0 aromatic carbocycles. The van der Waals surface area contributed by atoms with Crippen LogP contribution in [0, 0.1) is 0 Å². The van der Waals surface area contributed by atoms with Gasteiger partial charge >= 0.3 is 11.9 Å². The molecule has 0 spiro atoms. The molecular weight excluding hydrogens is 446 g/mol. The molecule has 1 saturated heterocycles. The lowest BCUT2D eigenvalue weighted by atomic mass is 10.1. The number of primary amides is 1. The molecule has 0 bridgehead atoms. The first kappa shape index (κ1) is 27.2. The molecule has 1 aliphatic heterocycles. The van der Waals surface area contributed by atoms with Crippen molar-refractivity contribution in [1.82, 2.24) is 15.5 Å². The van der Waals surface area contributed by atoms with Crippen LogP contribution in [-0.4, -0.2) is 87.1 Å². The number of hydrogen-bond donors (Lipinski definition) is 7. The molecule has 1 aliphatic rings. The van der Waals surface area contributed by atoms with Gasteiger partial charge in [-0.1, -0.05) is 0 Å². The van der Waals surface area contributed by atoms with E-state index in [2.05, 4.69) is 23.3 Å². The van der Waals surface area contributed by atoms with Crippen molar-refractivity contribution in [2.24, 2.45) is 11.5 Å². The number of thiol groups is 1. The van der Waals surface area contributed by atoms with Crippen molar-refractivity contribution in [3.63, 3.8) is 0 Å². The lowest BCUT2D eigenvalue weighted by Crippen LogP contribution is -2.57. The third-order valence-electron chi connectivity index (χ3n) is 4.93. The van der Waals surface area contributed by atoms with E-state index in [0.29, 0.717) is 6.42 Å². The molecule has 1 fully saturated rings. The number of carbonyl (C=O) groups excluding carboxylic acids is 4. The molecule has 13 nitrogen and oxygen atoms in total. The van der Waals surface area contributed by atoms with E-state index in [1.54, 1.807) is 0 Å². The summed E-state index contributed by atoms with van der Waals surface area (Å²) in [5.74, 6) is -5.48. The normalized spacial score (nSPS) is 18.3. The number of carboxylic acids is 2. The highest BCUT2D eigenvalue weighted by molar-refractivity contribution is 7.80. The summed E-state index contributed by atoms with van der Waals surface area (Å²) >= 11 is 3.90. The monoisotopic (exact) mass is 475 g/mol. The van der Waals surface area contributed by atoms with Crippen LogP contribution in [0.4, 0.5) is 0 Å². The summed E-state index contributed by atoms with van der Waals surface area (Å²) in [7, 11) is 0. The number of likely N-dealkylation sites (tertiary alicyclic amines) is 1. The molecule has 4 atom stereocenters. The van der Waals surface area contributed by atoms with Crippen LogP contribution < -0.4 is 22.1 Å². The van der Waals surface area contributed by atoms with Crippen LogP contribution in [0.3, 0.4) is 0 Å². The molecule has 8 N–H and O–H groups in total. The van der Waals surface area contributed by atoms with Gasteiger partial charge in [0, 0.05) is 25.1 Å². The Labute approximate surface area is 189 Å². The van der Waals surface area contributed by atoms with Crippen LogP contribution >= 0.6 is 12.6 Å². The van der Waals surface area contributed by atoms with Crippen molar-refractivity contribution in [1.29, 1.82) is 0 Å². The van der Waals surface area contributed by atoms with Gasteiger partial charge in [0.2, 0.25) is 23.6 Å². The van der Waals surface area contributed by atoms with Gasteiger partial charge in [-0.25, -0.2) is 4.79 Å². The van der Waals surface area contributed by atoms with Gasteiger partial charge in [0.05, 0.1) is 6.04 Å². The second-order valence-electron chi connectivity index (χ2n) is 7.38. The van der Waals surface area contributed by atoms with Crippen molar-refractivity contribution in [2.75, 3.05) is 12.3 Å². The molecule has 1 rings (SSSR count). The van der Waals surface area contributed by atoms with E-state index in [4.69, 9.17) is 16.6 Å². The smallest absolute Gasteiger partial charge is 0.326 e. The number of amides is 4. The van der Waals surface area contributed by atoms with E-state index in [1.807, 2.05) is 0 Å². The largest absolute Gasteiger partial charge is 0.481 e. The van der Waals surface area contributed by atoms with Crippen molar-refractivity contribution in [3.8, 4) is 0 Å². The quantitative estimate of drug-likeness (QED) is 0.139. The van der Waals surface area contributed by atoms with Crippen LogP contribution in [0.5, 0.6) is 0 Å². The van der Waals surface area contributed by atoms with Crippen LogP contribution in [0.25, 0.3) is 0 Å². The topological polar surface area (TPSA) is 222 Å². The molecule has 0 aromatic heterocycles. The Balaban J connectivity index is 3.03. The molecule has 180 valence electrons. The Morgan fingerprint density at radius 2 is 1.59 bits per heavy atom. The first-order chi connectivity index (χ1) is 15.0. The summed E-state index contributed by atoms with van der Waals surface area (Å²) in [5.41, 5.74) is 10.7. The number of carbonyl (C=O) groups is 6. The SMILES string of the molecule is NC(=O)CCC(NC(=O)C(N)CS)C(=O)NC(CCC(=O)O)C(=O)N1CCCC1C(=O)O. The van der Waals surface area contributed by atoms with Crippen molar-refractivity contribution >= 4 is 48.2 Å². The van der Waals surface area contributed by atoms with E-state index in [9.17, 15) is 33.9 Å². The molecule has 4 amide bonds. The zero-order valence-electron chi connectivity index (χ0n) is 17.4. The average molecular weight is 476 g/mol. The fourth-order valence-corrected chi connectivity index (χ4v) is 3.37. The zero-order chi connectivity index (χ0) is 24.4. The second-order valence-corrected chi connectivity index (χ2v) is 7.74. The van der Waals surface area contributed by atoms with Crippen molar-refractivity contribution in [3.05, 3.63) is 0 Å². The molecule has 0 aliphatic carbocycles. The number of hydrogen-bond acceptors (Lipinski definition) is 8. The van der Waals surface area contributed by atoms with Crippen LogP contribution in [0.15, 0.2) is 0 Å². The van der Waals surface area contributed by atoms with Gasteiger partial charge in [-0.15, -0.1) is 0 Å². The Hall–Kier alpha value is -2.87. The predicted molar refractivity (Wildman–Crippen MR) is 113 cm³/mol. The number of nitrogens with zero attached hydrogens (tertiary/aromatic N) is 1. The van der Waals surface area contributed by atoms with Crippen LogP contribution in [0.1, 0.15) is 38.5 Å². The maximum absolute atomic E-state index is 12.9. The number of rotatable bonds is 13. The van der Waals surface area contributed by atoms with Gasteiger partial charge in [-0.05, 0) is 25.7 Å². The van der Waals surface area contributed by atoms with Gasteiger partial charge in [0.15, 0.2) is 0 Å². The standard InChI is InChI=1S/C18H29N5O8S/c19-9(8-32)15(27)21-10(3-5-13(20)24)16(28)22-11(4-6-14(25)26)17(29)23-7-1-2-12(23)18(30)31/h9-12,32H,1-8,19H2,(H2,20,24)(H,21,27)(H,22,28)(H,25,26)(H,30,31). The summed E-state index contributed by atoms with van der Waals surface area (Å²) in [6.45, 7) is 0.147. The van der Waals surface area contributed by atoms with E-state index in [-0.39, 0.29) is 38.0 Å². The molecular formula is C18H29N5O8S. The van der Waals surface area contributed by atoms with Crippen LogP contribution in [0.2, 0.25) is 0 Å². The molecule has 32 heavy (non-hydrogen) atoms. The van der Waals surface area contributed by atoms with Gasteiger partial charge in [0.25, 0.3) is 0 Å². The number of aliphatic carboxylic acids is 2. The number of nitrogens with one attached hydrogen (secondary N) is 2. The zero-order valence-corrected chi connectivity index (χ0v) is 18.3. The predicted octanol–water partition coefficient (Wildman–Crippen LogP) is -2.58. The highest BCUT2D eigenvalue weighted by atomic mass is 32.1. The summed E-state index contributed by atoms with van der Waals surface area (Å²) in [6, 6.07) is -4.74. The molecule has 0 aromatic rings. The molecule has 4 unspecified atom stereocenters. The first-order valence-electron chi connectivity index (χ1n) is 9.98.